The number of hydrogen-bond donors (Lipinski definition) is 3. The Bertz CT molecular complexity index is 591. The topological polar surface area (TPSA) is 91.3 Å². The van der Waals surface area contributed by atoms with Gasteiger partial charge in [-0.25, -0.2) is 9.18 Å². The summed E-state index contributed by atoms with van der Waals surface area (Å²) in [4.78, 5) is 12.9. The van der Waals surface area contributed by atoms with E-state index in [2.05, 4.69) is 5.32 Å². The standard InChI is InChI=1S/C15H19FN2O5/c16-12-5-10(18-6-11(7-19)23-14(18)20)1-2-13(12)22-9-15(21)3-4-17-8-15/h1-2,5,11,17,19,21H,3-4,6-9H2/t11?,15-/m1/s1. The van der Waals surface area contributed by atoms with Crippen molar-refractivity contribution >= 4 is 11.8 Å². The van der Waals surface area contributed by atoms with E-state index in [1.807, 2.05) is 0 Å². The number of carbonyl (C=O) groups is 1. The van der Waals surface area contributed by atoms with E-state index in [-0.39, 0.29) is 25.5 Å². The lowest BCUT2D eigenvalue weighted by atomic mass is 10.1. The molecule has 2 heterocycles. The van der Waals surface area contributed by atoms with E-state index in [1.165, 1.54) is 23.1 Å². The smallest absolute Gasteiger partial charge is 0.414 e. The van der Waals surface area contributed by atoms with Crippen molar-refractivity contribution in [2.45, 2.75) is 18.1 Å². The lowest BCUT2D eigenvalue weighted by molar-refractivity contribution is 0.0118. The summed E-state index contributed by atoms with van der Waals surface area (Å²) in [5.74, 6) is -0.613. The highest BCUT2D eigenvalue weighted by molar-refractivity contribution is 5.89. The number of ether oxygens (including phenoxy) is 2. The maximum atomic E-state index is 14.2. The fourth-order valence-electron chi connectivity index (χ4n) is 2.67. The average molecular weight is 326 g/mol. The van der Waals surface area contributed by atoms with Crippen LogP contribution in [0.25, 0.3) is 0 Å². The van der Waals surface area contributed by atoms with Crippen LogP contribution in [0.3, 0.4) is 0 Å². The van der Waals surface area contributed by atoms with E-state index in [0.29, 0.717) is 25.2 Å². The number of aliphatic hydroxyl groups is 2. The van der Waals surface area contributed by atoms with E-state index in [1.54, 1.807) is 0 Å². The van der Waals surface area contributed by atoms with E-state index in [0.717, 1.165) is 0 Å². The summed E-state index contributed by atoms with van der Waals surface area (Å²) in [5, 5.41) is 22.2. The Labute approximate surface area is 132 Å². The zero-order chi connectivity index (χ0) is 16.4. The summed E-state index contributed by atoms with van der Waals surface area (Å²) >= 11 is 0. The molecule has 0 saturated carbocycles. The normalized spacial score (nSPS) is 27.3. The van der Waals surface area contributed by atoms with Gasteiger partial charge in [0.25, 0.3) is 0 Å². The monoisotopic (exact) mass is 326 g/mol. The summed E-state index contributed by atoms with van der Waals surface area (Å²) < 4.78 is 24.4. The Morgan fingerprint density at radius 3 is 2.96 bits per heavy atom. The molecule has 126 valence electrons. The molecule has 8 heteroatoms. The second kappa shape index (κ2) is 6.31. The molecule has 0 bridgehead atoms. The maximum Gasteiger partial charge on any atom is 0.414 e. The number of aliphatic hydroxyl groups excluding tert-OH is 1. The number of hydrogen-bond acceptors (Lipinski definition) is 6. The molecule has 1 amide bonds. The molecular formula is C15H19FN2O5. The first kappa shape index (κ1) is 16.0. The summed E-state index contributed by atoms with van der Waals surface area (Å²) in [6.45, 7) is 0.993. The molecule has 2 saturated heterocycles. The molecule has 1 unspecified atom stereocenters. The first-order chi connectivity index (χ1) is 11.0. The fourth-order valence-corrected chi connectivity index (χ4v) is 2.67. The number of halogens is 1. The number of anilines is 1. The lowest BCUT2D eigenvalue weighted by Gasteiger charge is -2.22. The third-order valence-electron chi connectivity index (χ3n) is 4.02. The molecule has 0 spiro atoms. The molecule has 3 N–H and O–H groups in total. The Morgan fingerprint density at radius 1 is 1.52 bits per heavy atom. The van der Waals surface area contributed by atoms with Crippen LogP contribution in [0.1, 0.15) is 6.42 Å². The lowest BCUT2D eigenvalue weighted by Crippen LogP contribution is -2.38. The van der Waals surface area contributed by atoms with Gasteiger partial charge in [-0.05, 0) is 25.1 Å². The van der Waals surface area contributed by atoms with E-state index < -0.39 is 23.6 Å². The van der Waals surface area contributed by atoms with Crippen molar-refractivity contribution in [1.29, 1.82) is 0 Å². The zero-order valence-corrected chi connectivity index (χ0v) is 12.5. The Morgan fingerprint density at radius 2 is 2.35 bits per heavy atom. The van der Waals surface area contributed by atoms with Gasteiger partial charge < -0.3 is 25.0 Å². The molecule has 0 aliphatic carbocycles. The van der Waals surface area contributed by atoms with Gasteiger partial charge in [-0.1, -0.05) is 0 Å². The molecular weight excluding hydrogens is 307 g/mol. The summed E-state index contributed by atoms with van der Waals surface area (Å²) in [6.07, 6.45) is -0.677. The summed E-state index contributed by atoms with van der Waals surface area (Å²) in [6, 6.07) is 4.12. The molecule has 2 atom stereocenters. The molecule has 0 radical (unpaired) electrons. The van der Waals surface area contributed by atoms with Crippen molar-refractivity contribution in [2.24, 2.45) is 0 Å². The first-order valence-corrected chi connectivity index (χ1v) is 7.45. The summed E-state index contributed by atoms with van der Waals surface area (Å²) in [5.41, 5.74) is -0.657. The van der Waals surface area contributed by atoms with Crippen LogP contribution in [-0.4, -0.2) is 60.9 Å². The van der Waals surface area contributed by atoms with Gasteiger partial charge >= 0.3 is 6.09 Å². The van der Waals surface area contributed by atoms with Gasteiger partial charge in [0.15, 0.2) is 11.6 Å². The third kappa shape index (κ3) is 3.39. The number of rotatable bonds is 5. The fraction of sp³-hybridized carbons (Fsp3) is 0.533. The van der Waals surface area contributed by atoms with Crippen LogP contribution in [0.2, 0.25) is 0 Å². The number of cyclic esters (lactones) is 1. The van der Waals surface area contributed by atoms with Crippen molar-refractivity contribution in [3.05, 3.63) is 24.0 Å². The zero-order valence-electron chi connectivity index (χ0n) is 12.5. The SMILES string of the molecule is O=C1OC(CO)CN1c1ccc(OC[C@@]2(O)CCNC2)c(F)c1. The number of carbonyl (C=O) groups excluding carboxylic acids is 1. The number of nitrogens with zero attached hydrogens (tertiary/aromatic N) is 1. The van der Waals surface area contributed by atoms with Crippen LogP contribution in [0.15, 0.2) is 18.2 Å². The predicted molar refractivity (Wildman–Crippen MR) is 79.0 cm³/mol. The van der Waals surface area contributed by atoms with Gasteiger partial charge in [-0.3, -0.25) is 4.90 Å². The minimum Gasteiger partial charge on any atom is -0.487 e. The molecule has 2 aliphatic rings. The second-order valence-corrected chi connectivity index (χ2v) is 5.85. The van der Waals surface area contributed by atoms with Crippen LogP contribution in [0.5, 0.6) is 5.75 Å². The van der Waals surface area contributed by atoms with Crippen molar-refractivity contribution in [1.82, 2.24) is 5.32 Å². The molecule has 1 aromatic carbocycles. The van der Waals surface area contributed by atoms with Crippen LogP contribution >= 0.6 is 0 Å². The number of β-amino-alcohol motifs (C(OH)–C–C–N with tert-alkyl or cyclic N) is 1. The van der Waals surface area contributed by atoms with Gasteiger partial charge in [-0.15, -0.1) is 0 Å². The summed E-state index contributed by atoms with van der Waals surface area (Å²) in [7, 11) is 0. The van der Waals surface area contributed by atoms with Gasteiger partial charge in [-0.2, -0.15) is 0 Å². The minimum atomic E-state index is -0.988. The van der Waals surface area contributed by atoms with Crippen LogP contribution in [0.4, 0.5) is 14.9 Å². The number of benzene rings is 1. The van der Waals surface area contributed by atoms with Crippen molar-refractivity contribution in [3.8, 4) is 5.75 Å². The molecule has 1 aromatic rings. The highest BCUT2D eigenvalue weighted by atomic mass is 19.1. The Balaban J connectivity index is 1.67. The highest BCUT2D eigenvalue weighted by Gasteiger charge is 2.33. The van der Waals surface area contributed by atoms with Crippen LogP contribution in [-0.2, 0) is 4.74 Å². The molecule has 23 heavy (non-hydrogen) atoms. The predicted octanol–water partition coefficient (Wildman–Crippen LogP) is 0.246. The molecule has 2 aliphatic heterocycles. The van der Waals surface area contributed by atoms with Crippen molar-refractivity contribution in [2.75, 3.05) is 37.7 Å². The van der Waals surface area contributed by atoms with E-state index in [9.17, 15) is 14.3 Å². The molecule has 3 rings (SSSR count). The van der Waals surface area contributed by atoms with Crippen molar-refractivity contribution < 1.29 is 28.9 Å². The number of nitrogens with one attached hydrogen (secondary N) is 1. The minimum absolute atomic E-state index is 0.00535. The third-order valence-corrected chi connectivity index (χ3v) is 4.02. The quantitative estimate of drug-likeness (QED) is 0.718. The second-order valence-electron chi connectivity index (χ2n) is 5.85. The molecule has 0 aromatic heterocycles. The van der Waals surface area contributed by atoms with E-state index >= 15 is 0 Å². The molecule has 2 fully saturated rings. The highest BCUT2D eigenvalue weighted by Crippen LogP contribution is 2.28. The number of amides is 1. The average Bonchev–Trinajstić information content (AvgIpc) is 3.12. The van der Waals surface area contributed by atoms with Gasteiger partial charge in [0.2, 0.25) is 0 Å². The Hall–Kier alpha value is -1.90. The van der Waals surface area contributed by atoms with E-state index in [4.69, 9.17) is 14.6 Å². The van der Waals surface area contributed by atoms with Crippen LogP contribution in [0, 0.1) is 5.82 Å². The van der Waals surface area contributed by atoms with Crippen LogP contribution < -0.4 is 15.0 Å². The van der Waals surface area contributed by atoms with Gasteiger partial charge in [0.05, 0.1) is 18.8 Å². The largest absolute Gasteiger partial charge is 0.487 e. The van der Waals surface area contributed by atoms with Gasteiger partial charge in [0, 0.05) is 12.6 Å². The maximum absolute atomic E-state index is 14.2. The first-order valence-electron chi connectivity index (χ1n) is 7.45. The Kier molecular flexibility index (Phi) is 4.38. The molecule has 7 nitrogen and oxygen atoms in total. The van der Waals surface area contributed by atoms with Gasteiger partial charge in [0.1, 0.15) is 18.3 Å². The van der Waals surface area contributed by atoms with Crippen molar-refractivity contribution in [3.63, 3.8) is 0 Å².